The number of pyridine rings is 1. The second-order valence-corrected chi connectivity index (χ2v) is 11.9. The van der Waals surface area contributed by atoms with Crippen LogP contribution >= 0.6 is 0 Å². The van der Waals surface area contributed by atoms with E-state index in [1.165, 1.54) is 12.0 Å². The van der Waals surface area contributed by atoms with Crippen LogP contribution in [0.15, 0.2) is 24.3 Å². The summed E-state index contributed by atoms with van der Waals surface area (Å²) in [7, 11) is 1.98. The minimum Gasteiger partial charge on any atom is -0.480 e. The van der Waals surface area contributed by atoms with Crippen molar-refractivity contribution in [2.24, 2.45) is 0 Å². The number of carboxylic acids is 1. The number of aryl methyl sites for hydroxylation is 3. The van der Waals surface area contributed by atoms with E-state index in [1.807, 2.05) is 14.0 Å². The second kappa shape index (κ2) is 12.4. The Kier molecular flexibility index (Phi) is 8.89. The molecule has 7 nitrogen and oxygen atoms in total. The van der Waals surface area contributed by atoms with Crippen molar-refractivity contribution in [3.63, 3.8) is 0 Å². The van der Waals surface area contributed by atoms with Gasteiger partial charge < -0.3 is 19.9 Å². The number of nitrogens with one attached hydrogen (secondary N) is 1. The van der Waals surface area contributed by atoms with Crippen LogP contribution in [-0.2, 0) is 33.7 Å². The Morgan fingerprint density at radius 1 is 1.23 bits per heavy atom. The summed E-state index contributed by atoms with van der Waals surface area (Å²) < 4.78 is 12.2. The molecule has 1 fully saturated rings. The third-order valence-electron chi connectivity index (χ3n) is 9.10. The van der Waals surface area contributed by atoms with E-state index in [1.54, 1.807) is 0 Å². The van der Waals surface area contributed by atoms with Crippen LogP contribution in [0.4, 0.5) is 5.82 Å². The zero-order valence-corrected chi connectivity index (χ0v) is 24.0. The summed E-state index contributed by atoms with van der Waals surface area (Å²) >= 11 is 0. The van der Waals surface area contributed by atoms with Gasteiger partial charge in [0.25, 0.3) is 0 Å². The predicted molar refractivity (Wildman–Crippen MR) is 153 cm³/mol. The summed E-state index contributed by atoms with van der Waals surface area (Å²) in [4.78, 5) is 19.6. The first-order valence-electron chi connectivity index (χ1n) is 14.9. The SMILES string of the molecule is Cc1cc2c(c([C@H](C(=O)O)N(C)[C@H]3CC[C@H](OCCCCc4ccc5c(n4)NCCC5)C3)c1)[C@H](C)[C@@H](C)OC2. The van der Waals surface area contributed by atoms with E-state index < -0.39 is 12.0 Å². The monoisotopic (exact) mass is 535 g/mol. The molecule has 7 heteroatoms. The van der Waals surface area contributed by atoms with Crippen molar-refractivity contribution < 1.29 is 19.4 Å². The highest BCUT2D eigenvalue weighted by Crippen LogP contribution is 2.40. The van der Waals surface area contributed by atoms with E-state index in [4.69, 9.17) is 14.5 Å². The maximum atomic E-state index is 12.7. The van der Waals surface area contributed by atoms with Gasteiger partial charge in [0, 0.05) is 30.8 Å². The molecule has 39 heavy (non-hydrogen) atoms. The first kappa shape index (κ1) is 28.1. The number of nitrogens with zero attached hydrogens (tertiary/aromatic N) is 2. The molecule has 1 aromatic heterocycles. The number of unbranched alkanes of at least 4 members (excludes halogenated alkanes) is 1. The van der Waals surface area contributed by atoms with Crippen molar-refractivity contribution in [3.8, 4) is 0 Å². The zero-order valence-electron chi connectivity index (χ0n) is 24.0. The van der Waals surface area contributed by atoms with Gasteiger partial charge in [0.2, 0.25) is 0 Å². The van der Waals surface area contributed by atoms with Crippen LogP contribution < -0.4 is 5.32 Å². The first-order valence-corrected chi connectivity index (χ1v) is 14.9. The fourth-order valence-electron chi connectivity index (χ4n) is 6.75. The van der Waals surface area contributed by atoms with Gasteiger partial charge in [0.15, 0.2) is 0 Å². The van der Waals surface area contributed by atoms with E-state index in [0.29, 0.717) is 6.61 Å². The summed E-state index contributed by atoms with van der Waals surface area (Å²) in [5.41, 5.74) is 6.79. The Morgan fingerprint density at radius 2 is 2.08 bits per heavy atom. The molecular weight excluding hydrogens is 490 g/mol. The van der Waals surface area contributed by atoms with Crippen LogP contribution in [0.2, 0.25) is 0 Å². The number of hydrogen-bond donors (Lipinski definition) is 2. The van der Waals surface area contributed by atoms with Gasteiger partial charge in [0.1, 0.15) is 11.9 Å². The van der Waals surface area contributed by atoms with Crippen molar-refractivity contribution in [2.45, 2.75) is 109 Å². The Balaban J connectivity index is 1.15. The van der Waals surface area contributed by atoms with Gasteiger partial charge in [-0.25, -0.2) is 4.98 Å². The molecule has 212 valence electrons. The number of carboxylic acid groups (broad SMARTS) is 1. The van der Waals surface area contributed by atoms with Crippen molar-refractivity contribution in [1.29, 1.82) is 0 Å². The molecule has 3 heterocycles. The Morgan fingerprint density at radius 3 is 2.90 bits per heavy atom. The van der Waals surface area contributed by atoms with Gasteiger partial charge in [0.05, 0.1) is 18.8 Å². The number of hydrogen-bond acceptors (Lipinski definition) is 6. The molecule has 0 radical (unpaired) electrons. The maximum absolute atomic E-state index is 12.7. The summed E-state index contributed by atoms with van der Waals surface area (Å²) in [5.74, 6) is 0.443. The molecule has 5 rings (SSSR count). The van der Waals surface area contributed by atoms with E-state index in [-0.39, 0.29) is 24.2 Å². The summed E-state index contributed by atoms with van der Waals surface area (Å²) in [5, 5.41) is 13.8. The normalized spacial score (nSPS) is 25.2. The second-order valence-electron chi connectivity index (χ2n) is 11.9. The van der Waals surface area contributed by atoms with Gasteiger partial charge in [-0.2, -0.15) is 0 Å². The van der Waals surface area contributed by atoms with Crippen LogP contribution in [0.25, 0.3) is 0 Å². The number of rotatable bonds is 10. The lowest BCUT2D eigenvalue weighted by Gasteiger charge is -2.36. The molecule has 2 N–H and O–H groups in total. The predicted octanol–water partition coefficient (Wildman–Crippen LogP) is 5.79. The average Bonchev–Trinajstić information content (AvgIpc) is 3.39. The number of fused-ring (bicyclic) bond motifs is 2. The summed E-state index contributed by atoms with van der Waals surface area (Å²) in [6.45, 7) is 8.58. The molecule has 2 aliphatic heterocycles. The molecule has 2 aromatic rings. The zero-order chi connectivity index (χ0) is 27.5. The van der Waals surface area contributed by atoms with Crippen LogP contribution in [0.5, 0.6) is 0 Å². The summed E-state index contributed by atoms with van der Waals surface area (Å²) in [6, 6.07) is 8.14. The maximum Gasteiger partial charge on any atom is 0.325 e. The molecule has 1 aliphatic carbocycles. The third kappa shape index (κ3) is 6.31. The van der Waals surface area contributed by atoms with Crippen LogP contribution in [0.1, 0.15) is 97.8 Å². The topological polar surface area (TPSA) is 83.9 Å². The van der Waals surface area contributed by atoms with Crippen molar-refractivity contribution in [1.82, 2.24) is 9.88 Å². The van der Waals surface area contributed by atoms with E-state index >= 15 is 0 Å². The lowest BCUT2D eigenvalue weighted by Crippen LogP contribution is -2.39. The number of aromatic nitrogens is 1. The average molecular weight is 536 g/mol. The number of carbonyl (C=O) groups is 1. The minimum absolute atomic E-state index is 0.0719. The van der Waals surface area contributed by atoms with Crippen molar-refractivity contribution in [3.05, 3.63) is 57.8 Å². The fourth-order valence-corrected chi connectivity index (χ4v) is 6.75. The molecule has 0 unspecified atom stereocenters. The number of anilines is 1. The Labute approximate surface area is 233 Å². The first-order chi connectivity index (χ1) is 18.8. The summed E-state index contributed by atoms with van der Waals surface area (Å²) in [6.07, 6.45) is 8.41. The van der Waals surface area contributed by atoms with Gasteiger partial charge in [-0.1, -0.05) is 30.7 Å². The van der Waals surface area contributed by atoms with E-state index in [0.717, 1.165) is 91.9 Å². The van der Waals surface area contributed by atoms with Gasteiger partial charge in [-0.05, 0) is 101 Å². The van der Waals surface area contributed by atoms with Crippen LogP contribution in [0.3, 0.4) is 0 Å². The molecule has 0 saturated heterocycles. The van der Waals surface area contributed by atoms with Crippen LogP contribution in [0, 0.1) is 6.92 Å². The van der Waals surface area contributed by atoms with Gasteiger partial charge in [-0.3, -0.25) is 9.69 Å². The molecule has 0 bridgehead atoms. The smallest absolute Gasteiger partial charge is 0.325 e. The molecule has 5 atom stereocenters. The minimum atomic E-state index is -0.785. The Bertz CT molecular complexity index is 1170. The van der Waals surface area contributed by atoms with E-state index in [2.05, 4.69) is 48.3 Å². The molecule has 1 saturated carbocycles. The quantitative estimate of drug-likeness (QED) is 0.373. The highest BCUT2D eigenvalue weighted by Gasteiger charge is 2.38. The number of ether oxygens (including phenoxy) is 2. The number of aliphatic carboxylic acids is 1. The van der Waals surface area contributed by atoms with E-state index in [9.17, 15) is 9.90 Å². The number of likely N-dealkylation sites (N-methyl/N-ethyl adjacent to an activating group) is 1. The highest BCUT2D eigenvalue weighted by molar-refractivity contribution is 5.77. The lowest BCUT2D eigenvalue weighted by atomic mass is 9.82. The van der Waals surface area contributed by atoms with Crippen LogP contribution in [-0.4, -0.2) is 59.4 Å². The standard InChI is InChI=1S/C32H45N3O4/c1-20-16-24-19-39-22(3)21(2)29(24)28(17-20)30(32(36)37)35(4)26-12-13-27(18-26)38-15-6-5-9-25-11-10-23-8-7-14-33-31(23)34-25/h10-11,16-17,21-22,26-27,30H,5-9,12-15,18-19H2,1-4H3,(H,33,34)(H,36,37)/t21-,22-,26+,27+,30-/m1/s1. The molecule has 0 spiro atoms. The van der Waals surface area contributed by atoms with Crippen molar-refractivity contribution >= 4 is 11.8 Å². The third-order valence-corrected chi connectivity index (χ3v) is 9.10. The molecule has 3 aliphatic rings. The fraction of sp³-hybridized carbons (Fsp3) is 0.625. The van der Waals surface area contributed by atoms with Crippen molar-refractivity contribution in [2.75, 3.05) is 25.5 Å². The lowest BCUT2D eigenvalue weighted by molar-refractivity contribution is -0.144. The van der Waals surface area contributed by atoms with Gasteiger partial charge in [-0.15, -0.1) is 0 Å². The largest absolute Gasteiger partial charge is 0.480 e. The van der Waals surface area contributed by atoms with Gasteiger partial charge >= 0.3 is 5.97 Å². The number of benzene rings is 1. The molecule has 0 amide bonds. The molecule has 1 aromatic carbocycles. The Hall–Kier alpha value is -2.48. The molecular formula is C32H45N3O4. The highest BCUT2D eigenvalue weighted by atomic mass is 16.5.